The molecule has 0 aliphatic carbocycles. The van der Waals surface area contributed by atoms with Gasteiger partial charge in [0, 0.05) is 22.3 Å². The van der Waals surface area contributed by atoms with Crippen molar-refractivity contribution in [3.05, 3.63) is 40.1 Å². The van der Waals surface area contributed by atoms with E-state index in [0.29, 0.717) is 5.56 Å². The number of carboxylic acid groups (broad SMARTS) is 1. The summed E-state index contributed by atoms with van der Waals surface area (Å²) in [6.07, 6.45) is 2.73. The van der Waals surface area contributed by atoms with Gasteiger partial charge in [-0.3, -0.25) is 4.68 Å². The molecule has 0 saturated carbocycles. The first-order valence-corrected chi connectivity index (χ1v) is 6.89. The Bertz CT molecular complexity index is 620. The zero-order chi connectivity index (χ0) is 14.0. The molecule has 4 nitrogen and oxygen atoms in total. The fourth-order valence-corrected chi connectivity index (χ4v) is 2.44. The topological polar surface area (TPSA) is 55.1 Å². The van der Waals surface area contributed by atoms with Gasteiger partial charge >= 0.3 is 5.97 Å². The van der Waals surface area contributed by atoms with Crippen molar-refractivity contribution in [2.75, 3.05) is 0 Å². The van der Waals surface area contributed by atoms with E-state index >= 15 is 0 Å². The van der Waals surface area contributed by atoms with Gasteiger partial charge in [-0.2, -0.15) is 5.10 Å². The molecular weight excluding hydrogens is 308 g/mol. The van der Waals surface area contributed by atoms with Crippen LogP contribution in [0.2, 0.25) is 0 Å². The monoisotopic (exact) mass is 322 g/mol. The first-order chi connectivity index (χ1) is 9.04. The first-order valence-electron chi connectivity index (χ1n) is 6.10. The maximum atomic E-state index is 11.3. The quantitative estimate of drug-likeness (QED) is 0.933. The summed E-state index contributed by atoms with van der Waals surface area (Å²) in [6, 6.07) is 5.28. The summed E-state index contributed by atoms with van der Waals surface area (Å²) in [4.78, 5) is 11.3. The minimum absolute atomic E-state index is 0.286. The lowest BCUT2D eigenvalue weighted by Gasteiger charge is -2.07. The predicted molar refractivity (Wildman–Crippen MR) is 77.4 cm³/mol. The maximum absolute atomic E-state index is 11.3. The number of aromatic carboxylic acids is 1. The standard InChI is InChI=1S/C14H15BrN2O2/c1-3-6-17-9(2)13(8-16-17)11-5-4-10(15)7-12(11)14(18)19/h4-5,7-8H,3,6H2,1-2H3,(H,18,19). The molecule has 2 rings (SSSR count). The highest BCUT2D eigenvalue weighted by Gasteiger charge is 2.16. The SMILES string of the molecule is CCCn1ncc(-c2ccc(Br)cc2C(=O)O)c1C. The van der Waals surface area contributed by atoms with Crippen LogP contribution in [0.15, 0.2) is 28.9 Å². The highest BCUT2D eigenvalue weighted by Crippen LogP contribution is 2.29. The molecule has 0 bridgehead atoms. The fourth-order valence-electron chi connectivity index (χ4n) is 2.08. The molecule has 0 saturated heterocycles. The molecule has 0 unspecified atom stereocenters. The lowest BCUT2D eigenvalue weighted by molar-refractivity contribution is 0.0697. The van der Waals surface area contributed by atoms with Gasteiger partial charge in [-0.25, -0.2) is 4.79 Å². The lowest BCUT2D eigenvalue weighted by Crippen LogP contribution is -2.02. The second-order valence-electron chi connectivity index (χ2n) is 4.36. The number of hydrogen-bond acceptors (Lipinski definition) is 2. The first kappa shape index (κ1) is 13.8. The Morgan fingerprint density at radius 3 is 2.79 bits per heavy atom. The second kappa shape index (κ2) is 5.57. The molecule has 0 amide bonds. The summed E-state index contributed by atoms with van der Waals surface area (Å²) in [5.74, 6) is -0.932. The van der Waals surface area contributed by atoms with Crippen LogP contribution in [0.5, 0.6) is 0 Å². The van der Waals surface area contributed by atoms with Crippen molar-refractivity contribution < 1.29 is 9.90 Å². The second-order valence-corrected chi connectivity index (χ2v) is 5.28. The van der Waals surface area contributed by atoms with E-state index in [9.17, 15) is 9.90 Å². The molecule has 0 spiro atoms. The van der Waals surface area contributed by atoms with Crippen molar-refractivity contribution in [3.63, 3.8) is 0 Å². The zero-order valence-corrected chi connectivity index (χ0v) is 12.4. The highest BCUT2D eigenvalue weighted by atomic mass is 79.9. The van der Waals surface area contributed by atoms with Crippen LogP contribution in [-0.4, -0.2) is 20.9 Å². The van der Waals surface area contributed by atoms with Crippen molar-refractivity contribution in [3.8, 4) is 11.1 Å². The van der Waals surface area contributed by atoms with E-state index in [-0.39, 0.29) is 5.56 Å². The van der Waals surface area contributed by atoms with Gasteiger partial charge < -0.3 is 5.11 Å². The number of aryl methyl sites for hydroxylation is 1. The minimum Gasteiger partial charge on any atom is -0.478 e. The Morgan fingerprint density at radius 2 is 2.16 bits per heavy atom. The molecular formula is C14H15BrN2O2. The van der Waals surface area contributed by atoms with E-state index in [1.807, 2.05) is 23.7 Å². The van der Waals surface area contributed by atoms with Crippen LogP contribution < -0.4 is 0 Å². The van der Waals surface area contributed by atoms with E-state index < -0.39 is 5.97 Å². The van der Waals surface area contributed by atoms with Crippen LogP contribution in [0.4, 0.5) is 0 Å². The van der Waals surface area contributed by atoms with Crippen LogP contribution in [-0.2, 0) is 6.54 Å². The Labute approximate surface area is 120 Å². The largest absolute Gasteiger partial charge is 0.478 e. The van der Waals surface area contributed by atoms with Crippen molar-refractivity contribution >= 4 is 21.9 Å². The number of hydrogen-bond donors (Lipinski definition) is 1. The van der Waals surface area contributed by atoms with Gasteiger partial charge in [0.2, 0.25) is 0 Å². The van der Waals surface area contributed by atoms with Gasteiger partial charge in [0.15, 0.2) is 0 Å². The molecule has 1 aromatic heterocycles. The summed E-state index contributed by atoms with van der Waals surface area (Å²) < 4.78 is 2.66. The molecule has 5 heteroatoms. The molecule has 0 aliphatic rings. The number of halogens is 1. The fraction of sp³-hybridized carbons (Fsp3) is 0.286. The summed E-state index contributed by atoms with van der Waals surface area (Å²) in [6.45, 7) is 4.89. The molecule has 1 aromatic carbocycles. The molecule has 0 atom stereocenters. The van der Waals surface area contributed by atoms with Gasteiger partial charge in [0.25, 0.3) is 0 Å². The maximum Gasteiger partial charge on any atom is 0.336 e. The molecule has 0 fully saturated rings. The van der Waals surface area contributed by atoms with Crippen molar-refractivity contribution in [2.24, 2.45) is 0 Å². The van der Waals surface area contributed by atoms with Gasteiger partial charge in [0.1, 0.15) is 0 Å². The molecule has 2 aromatic rings. The minimum atomic E-state index is -0.932. The molecule has 0 radical (unpaired) electrons. The average Bonchev–Trinajstić information content (AvgIpc) is 2.72. The van der Waals surface area contributed by atoms with E-state index in [0.717, 1.165) is 28.7 Å². The Hall–Kier alpha value is -1.62. The van der Waals surface area contributed by atoms with Gasteiger partial charge in [-0.15, -0.1) is 0 Å². The van der Waals surface area contributed by atoms with E-state index in [2.05, 4.69) is 28.0 Å². The lowest BCUT2D eigenvalue weighted by atomic mass is 10.0. The normalized spacial score (nSPS) is 10.7. The average molecular weight is 323 g/mol. The Kier molecular flexibility index (Phi) is 4.04. The van der Waals surface area contributed by atoms with Crippen LogP contribution in [0.25, 0.3) is 11.1 Å². The van der Waals surface area contributed by atoms with Gasteiger partial charge in [0.05, 0.1) is 11.8 Å². The number of carbonyl (C=O) groups is 1. The van der Waals surface area contributed by atoms with Crippen LogP contribution >= 0.6 is 15.9 Å². The predicted octanol–water partition coefficient (Wildman–Crippen LogP) is 3.73. The van der Waals surface area contributed by atoms with Crippen molar-refractivity contribution in [1.82, 2.24) is 9.78 Å². The number of nitrogens with zero attached hydrogens (tertiary/aromatic N) is 2. The number of benzene rings is 1. The van der Waals surface area contributed by atoms with Gasteiger partial charge in [-0.05, 0) is 31.0 Å². The van der Waals surface area contributed by atoms with Crippen LogP contribution in [0.3, 0.4) is 0 Å². The molecule has 1 N–H and O–H groups in total. The molecule has 19 heavy (non-hydrogen) atoms. The third kappa shape index (κ3) is 2.71. The van der Waals surface area contributed by atoms with E-state index in [4.69, 9.17) is 0 Å². The summed E-state index contributed by atoms with van der Waals surface area (Å²) in [5.41, 5.74) is 2.86. The third-order valence-corrected chi connectivity index (χ3v) is 3.53. The van der Waals surface area contributed by atoms with Gasteiger partial charge in [-0.1, -0.05) is 28.9 Å². The van der Waals surface area contributed by atoms with Crippen molar-refractivity contribution in [2.45, 2.75) is 26.8 Å². The molecule has 0 aliphatic heterocycles. The summed E-state index contributed by atoms with van der Waals surface area (Å²) in [7, 11) is 0. The summed E-state index contributed by atoms with van der Waals surface area (Å²) in [5, 5.41) is 13.6. The van der Waals surface area contributed by atoms with E-state index in [1.54, 1.807) is 12.3 Å². The molecule has 100 valence electrons. The summed E-state index contributed by atoms with van der Waals surface area (Å²) >= 11 is 3.30. The zero-order valence-electron chi connectivity index (χ0n) is 10.9. The third-order valence-electron chi connectivity index (χ3n) is 3.04. The number of aromatic nitrogens is 2. The Morgan fingerprint density at radius 1 is 1.42 bits per heavy atom. The highest BCUT2D eigenvalue weighted by molar-refractivity contribution is 9.10. The van der Waals surface area contributed by atoms with Crippen LogP contribution in [0.1, 0.15) is 29.4 Å². The smallest absolute Gasteiger partial charge is 0.336 e. The Balaban J connectivity index is 2.56. The van der Waals surface area contributed by atoms with E-state index in [1.165, 1.54) is 0 Å². The van der Waals surface area contributed by atoms with Crippen LogP contribution in [0, 0.1) is 6.92 Å². The molecule has 1 heterocycles. The van der Waals surface area contributed by atoms with Crippen molar-refractivity contribution in [1.29, 1.82) is 0 Å². The number of rotatable bonds is 4. The number of carboxylic acids is 1.